The Kier molecular flexibility index (Phi) is 4.30. The zero-order valence-electron chi connectivity index (χ0n) is 13.5. The summed E-state index contributed by atoms with van der Waals surface area (Å²) in [5.41, 5.74) is 3.90. The van der Waals surface area contributed by atoms with Crippen LogP contribution in [0.4, 0.5) is 0 Å². The maximum atomic E-state index is 12.3. The van der Waals surface area contributed by atoms with Crippen molar-refractivity contribution in [1.29, 1.82) is 0 Å². The quantitative estimate of drug-likeness (QED) is 0.700. The van der Waals surface area contributed by atoms with E-state index in [-0.39, 0.29) is 5.91 Å². The molecule has 1 aliphatic carbocycles. The first-order valence-electron chi connectivity index (χ1n) is 8.50. The minimum atomic E-state index is -0.0568. The molecule has 0 radical (unpaired) electrons. The number of aromatic nitrogens is 3. The van der Waals surface area contributed by atoms with Gasteiger partial charge in [0.1, 0.15) is 0 Å². The van der Waals surface area contributed by atoms with Crippen LogP contribution in [0, 0.1) is 0 Å². The summed E-state index contributed by atoms with van der Waals surface area (Å²) in [5, 5.41) is 11.4. The minimum absolute atomic E-state index is 0.0568. The highest BCUT2D eigenvalue weighted by atomic mass is 32.1. The molecule has 0 saturated carbocycles. The van der Waals surface area contributed by atoms with Crippen LogP contribution in [0.25, 0.3) is 10.2 Å². The van der Waals surface area contributed by atoms with E-state index in [2.05, 4.69) is 26.6 Å². The van der Waals surface area contributed by atoms with Crippen molar-refractivity contribution in [3.63, 3.8) is 0 Å². The van der Waals surface area contributed by atoms with E-state index in [1.165, 1.54) is 11.1 Å². The van der Waals surface area contributed by atoms with Crippen LogP contribution in [0.2, 0.25) is 0 Å². The smallest absolute Gasteiger partial charge is 0.272 e. The van der Waals surface area contributed by atoms with Gasteiger partial charge in [-0.05, 0) is 44.2 Å². The van der Waals surface area contributed by atoms with E-state index < -0.39 is 0 Å². The predicted octanol–water partition coefficient (Wildman–Crippen LogP) is 3.26. The van der Waals surface area contributed by atoms with Crippen molar-refractivity contribution in [3.8, 4) is 0 Å². The lowest BCUT2D eigenvalue weighted by molar-refractivity contribution is 0.0947. The molecule has 24 heavy (non-hydrogen) atoms. The average molecular weight is 340 g/mol. The summed E-state index contributed by atoms with van der Waals surface area (Å²) in [7, 11) is 0. The third-order valence-corrected chi connectivity index (χ3v) is 5.56. The van der Waals surface area contributed by atoms with E-state index in [4.69, 9.17) is 0 Å². The van der Waals surface area contributed by atoms with Gasteiger partial charge in [-0.2, -0.15) is 5.10 Å². The lowest BCUT2D eigenvalue weighted by atomic mass is 9.96. The first-order valence-corrected chi connectivity index (χ1v) is 9.31. The Bertz CT molecular complexity index is 834. The molecule has 0 saturated heterocycles. The summed E-state index contributed by atoms with van der Waals surface area (Å²) in [4.78, 5) is 16.9. The molecule has 6 heteroatoms. The molecule has 0 bridgehead atoms. The summed E-state index contributed by atoms with van der Waals surface area (Å²) in [5.74, 6) is -0.0568. The van der Waals surface area contributed by atoms with Crippen molar-refractivity contribution in [2.45, 2.75) is 38.5 Å². The van der Waals surface area contributed by atoms with Gasteiger partial charge < -0.3 is 5.32 Å². The highest BCUT2D eigenvalue weighted by Crippen LogP contribution is 2.23. The molecular formula is C18H20N4OS. The van der Waals surface area contributed by atoms with Gasteiger partial charge >= 0.3 is 0 Å². The standard InChI is InChI=1S/C18H20N4OS/c23-18(17-12-6-1-2-7-13(12)21-22-17)19-11-5-10-16-20-14-8-3-4-9-15(14)24-16/h3-4,8-9H,1-2,5-7,10-11H2,(H,19,23)(H,21,22). The van der Waals surface area contributed by atoms with Crippen molar-refractivity contribution in [3.05, 3.63) is 46.2 Å². The van der Waals surface area contributed by atoms with E-state index in [9.17, 15) is 4.79 Å². The Morgan fingerprint density at radius 1 is 1.25 bits per heavy atom. The highest BCUT2D eigenvalue weighted by molar-refractivity contribution is 7.18. The first kappa shape index (κ1) is 15.3. The maximum absolute atomic E-state index is 12.3. The van der Waals surface area contributed by atoms with Gasteiger partial charge in [-0.3, -0.25) is 9.89 Å². The van der Waals surface area contributed by atoms with Gasteiger partial charge in [-0.25, -0.2) is 4.98 Å². The Morgan fingerprint density at radius 2 is 2.12 bits per heavy atom. The SMILES string of the molecule is O=C(NCCCc1nc2ccccc2s1)c1n[nH]c2c1CCCC2. The zero-order valence-corrected chi connectivity index (χ0v) is 14.3. The van der Waals surface area contributed by atoms with Gasteiger partial charge in [0.2, 0.25) is 0 Å². The molecule has 3 aromatic rings. The fraction of sp³-hybridized carbons (Fsp3) is 0.389. The molecule has 1 aromatic carbocycles. The summed E-state index contributed by atoms with van der Waals surface area (Å²) >= 11 is 1.73. The zero-order chi connectivity index (χ0) is 16.4. The number of hydrogen-bond acceptors (Lipinski definition) is 4. The summed E-state index contributed by atoms with van der Waals surface area (Å²) in [6.45, 7) is 0.649. The number of para-hydroxylation sites is 1. The van der Waals surface area contributed by atoms with Gasteiger partial charge in [0.05, 0.1) is 15.2 Å². The number of rotatable bonds is 5. The second-order valence-corrected chi connectivity index (χ2v) is 7.29. The molecule has 2 heterocycles. The second-order valence-electron chi connectivity index (χ2n) is 6.17. The Morgan fingerprint density at radius 3 is 3.04 bits per heavy atom. The summed E-state index contributed by atoms with van der Waals surface area (Å²) in [6, 6.07) is 8.18. The number of fused-ring (bicyclic) bond motifs is 2. The van der Waals surface area contributed by atoms with Crippen molar-refractivity contribution in [2.75, 3.05) is 6.54 Å². The number of benzene rings is 1. The molecule has 124 valence electrons. The largest absolute Gasteiger partial charge is 0.351 e. The normalized spacial score (nSPS) is 13.8. The second kappa shape index (κ2) is 6.73. The van der Waals surface area contributed by atoms with Crippen LogP contribution in [0.15, 0.2) is 24.3 Å². The Balaban J connectivity index is 1.31. The minimum Gasteiger partial charge on any atom is -0.351 e. The molecule has 2 aromatic heterocycles. The van der Waals surface area contributed by atoms with Crippen LogP contribution in [-0.4, -0.2) is 27.6 Å². The molecule has 5 nitrogen and oxygen atoms in total. The van der Waals surface area contributed by atoms with E-state index in [1.54, 1.807) is 11.3 Å². The van der Waals surface area contributed by atoms with Crippen LogP contribution in [0.5, 0.6) is 0 Å². The molecule has 0 unspecified atom stereocenters. The molecule has 0 atom stereocenters. The van der Waals surface area contributed by atoms with Gasteiger partial charge in [-0.15, -0.1) is 11.3 Å². The third-order valence-electron chi connectivity index (χ3n) is 4.46. The third kappa shape index (κ3) is 3.06. The van der Waals surface area contributed by atoms with E-state index >= 15 is 0 Å². The lowest BCUT2D eigenvalue weighted by Crippen LogP contribution is -2.26. The molecule has 0 fully saturated rings. The fourth-order valence-electron chi connectivity index (χ4n) is 3.22. The predicted molar refractivity (Wildman–Crippen MR) is 95.5 cm³/mol. The van der Waals surface area contributed by atoms with Crippen LogP contribution in [0.3, 0.4) is 0 Å². The van der Waals surface area contributed by atoms with Crippen molar-refractivity contribution in [1.82, 2.24) is 20.5 Å². The van der Waals surface area contributed by atoms with Crippen LogP contribution < -0.4 is 5.32 Å². The first-order chi connectivity index (χ1) is 11.8. The number of nitrogens with zero attached hydrogens (tertiary/aromatic N) is 2. The molecule has 1 aliphatic rings. The molecule has 0 aliphatic heterocycles. The van der Waals surface area contributed by atoms with E-state index in [1.807, 2.05) is 18.2 Å². The Hall–Kier alpha value is -2.21. The number of aryl methyl sites for hydroxylation is 2. The number of thiazole rings is 1. The number of aromatic amines is 1. The van der Waals surface area contributed by atoms with Crippen LogP contribution >= 0.6 is 11.3 Å². The van der Waals surface area contributed by atoms with Crippen molar-refractivity contribution in [2.24, 2.45) is 0 Å². The van der Waals surface area contributed by atoms with Crippen molar-refractivity contribution >= 4 is 27.5 Å². The number of H-pyrrole nitrogens is 1. The Labute approximate surface area is 144 Å². The number of amides is 1. The van der Waals surface area contributed by atoms with Crippen LogP contribution in [-0.2, 0) is 19.3 Å². The molecular weight excluding hydrogens is 320 g/mol. The summed E-state index contributed by atoms with van der Waals surface area (Å²) in [6.07, 6.45) is 6.06. The molecule has 0 spiro atoms. The molecule has 4 rings (SSSR count). The maximum Gasteiger partial charge on any atom is 0.272 e. The number of hydrogen-bond donors (Lipinski definition) is 2. The molecule has 1 amide bonds. The summed E-state index contributed by atoms with van der Waals surface area (Å²) < 4.78 is 1.22. The topological polar surface area (TPSA) is 70.7 Å². The highest BCUT2D eigenvalue weighted by Gasteiger charge is 2.21. The monoisotopic (exact) mass is 340 g/mol. The van der Waals surface area contributed by atoms with E-state index in [0.29, 0.717) is 12.2 Å². The lowest BCUT2D eigenvalue weighted by Gasteiger charge is -2.11. The van der Waals surface area contributed by atoms with E-state index in [0.717, 1.165) is 53.9 Å². The number of carbonyl (C=O) groups excluding carboxylic acids is 1. The number of nitrogens with one attached hydrogen (secondary N) is 2. The fourth-order valence-corrected chi connectivity index (χ4v) is 4.23. The molecule has 2 N–H and O–H groups in total. The van der Waals surface area contributed by atoms with Gasteiger partial charge in [0.15, 0.2) is 5.69 Å². The number of carbonyl (C=O) groups is 1. The van der Waals surface area contributed by atoms with Gasteiger partial charge in [-0.1, -0.05) is 12.1 Å². The van der Waals surface area contributed by atoms with Gasteiger partial charge in [0, 0.05) is 24.2 Å². The van der Waals surface area contributed by atoms with Gasteiger partial charge in [0.25, 0.3) is 5.91 Å². The van der Waals surface area contributed by atoms with Crippen LogP contribution in [0.1, 0.15) is 46.0 Å². The van der Waals surface area contributed by atoms with Crippen molar-refractivity contribution < 1.29 is 4.79 Å². The average Bonchev–Trinajstić information content (AvgIpc) is 3.22.